The molecule has 1 atom stereocenters. The van der Waals surface area contributed by atoms with Gasteiger partial charge in [-0.3, -0.25) is 9.78 Å². The van der Waals surface area contributed by atoms with Crippen molar-refractivity contribution in [3.05, 3.63) is 76.1 Å². The van der Waals surface area contributed by atoms with Crippen molar-refractivity contribution in [1.82, 2.24) is 10.3 Å². The van der Waals surface area contributed by atoms with Gasteiger partial charge in [-0.05, 0) is 23.8 Å². The molecular weight excluding hydrogens is 507 g/mol. The highest BCUT2D eigenvalue weighted by Gasteiger charge is 2.44. The molecule has 7 nitrogen and oxygen atoms in total. The fourth-order valence-corrected chi connectivity index (χ4v) is 6.28. The Hall–Kier alpha value is -2.20. The fourth-order valence-electron chi connectivity index (χ4n) is 3.40. The highest BCUT2D eigenvalue weighted by Crippen LogP contribution is 2.42. The lowest BCUT2D eigenvalue weighted by atomic mass is 9.96. The van der Waals surface area contributed by atoms with E-state index in [0.717, 1.165) is 11.8 Å². The summed E-state index contributed by atoms with van der Waals surface area (Å²) < 4.78 is 49.3. The van der Waals surface area contributed by atoms with Crippen molar-refractivity contribution in [2.75, 3.05) is 12.0 Å². The molecular formula is C22H22Cl2N2O5S2. The molecule has 11 heteroatoms. The first-order valence-electron chi connectivity index (χ1n) is 9.89. The summed E-state index contributed by atoms with van der Waals surface area (Å²) in [6, 6.07) is 11.8. The molecule has 176 valence electrons. The van der Waals surface area contributed by atoms with Crippen LogP contribution in [0.15, 0.2) is 69.7 Å². The van der Waals surface area contributed by atoms with E-state index in [1.54, 1.807) is 24.3 Å². The number of halogens is 2. The lowest BCUT2D eigenvalue weighted by Gasteiger charge is -2.34. The van der Waals surface area contributed by atoms with Crippen LogP contribution in [0.1, 0.15) is 24.6 Å². The monoisotopic (exact) mass is 528 g/mol. The Balaban J connectivity index is 1.87. The van der Waals surface area contributed by atoms with Gasteiger partial charge in [-0.2, -0.15) is 0 Å². The summed E-state index contributed by atoms with van der Waals surface area (Å²) in [6.07, 6.45) is 3.01. The van der Waals surface area contributed by atoms with Gasteiger partial charge in [0.25, 0.3) is 0 Å². The van der Waals surface area contributed by atoms with Crippen LogP contribution in [0.5, 0.6) is 0 Å². The van der Waals surface area contributed by atoms with Gasteiger partial charge >= 0.3 is 0 Å². The smallest absolute Gasteiger partial charge is 0.227 e. The Morgan fingerprint density at radius 3 is 2.27 bits per heavy atom. The minimum atomic E-state index is -3.89. The molecule has 3 rings (SSSR count). The molecule has 1 N–H and O–H groups in total. The lowest BCUT2D eigenvalue weighted by molar-refractivity contribution is -0.121. The predicted octanol–water partition coefficient (Wildman–Crippen LogP) is 3.45. The van der Waals surface area contributed by atoms with Gasteiger partial charge in [0.1, 0.15) is 0 Å². The topological polar surface area (TPSA) is 110 Å². The van der Waals surface area contributed by atoms with Crippen molar-refractivity contribution in [3.8, 4) is 0 Å². The third-order valence-corrected chi connectivity index (χ3v) is 9.27. The van der Waals surface area contributed by atoms with Crippen molar-refractivity contribution in [2.24, 2.45) is 0 Å². The van der Waals surface area contributed by atoms with Crippen LogP contribution in [0, 0.1) is 0 Å². The molecule has 0 aliphatic heterocycles. The van der Waals surface area contributed by atoms with E-state index in [1.165, 1.54) is 31.3 Å². The number of nitrogens with one attached hydrogen (secondary N) is 1. The molecule has 33 heavy (non-hydrogen) atoms. The predicted molar refractivity (Wildman–Crippen MR) is 129 cm³/mol. The molecule has 0 saturated carbocycles. The third kappa shape index (κ3) is 5.48. The second-order valence-corrected chi connectivity index (χ2v) is 13.0. The van der Waals surface area contributed by atoms with Crippen molar-refractivity contribution < 1.29 is 21.6 Å². The first-order valence-corrected chi connectivity index (χ1v) is 14.2. The molecule has 1 amide bonds. The standard InChI is InChI=1S/C22H22Cl2N2O5S2/c1-3-33(30,31)17-10-9-16(25-14-17)11-20(27)26-22(32(2,28)29)12-18(23)21(19(24)13-22)15-7-5-4-6-8-15/h4-10,12,14H,3,11,13H2,1-2H3,(H,26,27). The summed E-state index contributed by atoms with van der Waals surface area (Å²) >= 11 is 12.9. The summed E-state index contributed by atoms with van der Waals surface area (Å²) in [7, 11) is -7.31. The van der Waals surface area contributed by atoms with E-state index in [1.807, 2.05) is 6.07 Å². The minimum Gasteiger partial charge on any atom is -0.333 e. The number of amides is 1. The van der Waals surface area contributed by atoms with E-state index in [4.69, 9.17) is 23.2 Å². The Labute approximate surface area is 203 Å². The molecule has 1 aromatic heterocycles. The zero-order valence-corrected chi connectivity index (χ0v) is 21.0. The Bertz CT molecular complexity index is 1340. The number of hydrogen-bond donors (Lipinski definition) is 1. The van der Waals surface area contributed by atoms with E-state index >= 15 is 0 Å². The third-order valence-electron chi connectivity index (χ3n) is 5.24. The average molecular weight is 529 g/mol. The zero-order valence-electron chi connectivity index (χ0n) is 17.9. The van der Waals surface area contributed by atoms with Crippen LogP contribution >= 0.6 is 23.2 Å². The number of benzene rings is 1. The number of pyridine rings is 1. The molecule has 2 aromatic rings. The number of allylic oxidation sites excluding steroid dienone is 2. The van der Waals surface area contributed by atoms with E-state index in [2.05, 4.69) is 10.3 Å². The van der Waals surface area contributed by atoms with Crippen LogP contribution in [0.2, 0.25) is 0 Å². The summed E-state index contributed by atoms with van der Waals surface area (Å²) in [5.74, 6) is -0.704. The molecule has 1 aliphatic rings. The van der Waals surface area contributed by atoms with Crippen LogP contribution in [-0.2, 0) is 30.9 Å². The van der Waals surface area contributed by atoms with Crippen LogP contribution in [-0.4, -0.2) is 44.6 Å². The summed E-state index contributed by atoms with van der Waals surface area (Å²) in [5, 5.41) is 2.85. The number of carbonyl (C=O) groups excluding carboxylic acids is 1. The molecule has 0 radical (unpaired) electrons. The van der Waals surface area contributed by atoms with Crippen LogP contribution < -0.4 is 5.32 Å². The highest BCUT2D eigenvalue weighted by atomic mass is 35.5. The fraction of sp³-hybridized carbons (Fsp3) is 0.273. The van der Waals surface area contributed by atoms with Gasteiger partial charge in [0, 0.05) is 40.2 Å². The summed E-state index contributed by atoms with van der Waals surface area (Å²) in [5.41, 5.74) is 1.51. The van der Waals surface area contributed by atoms with Crippen LogP contribution in [0.3, 0.4) is 0 Å². The maximum Gasteiger partial charge on any atom is 0.227 e. The van der Waals surface area contributed by atoms with Gasteiger partial charge in [0.2, 0.25) is 5.91 Å². The molecule has 1 aliphatic carbocycles. The zero-order chi connectivity index (χ0) is 24.4. The molecule has 1 aromatic carbocycles. The lowest BCUT2D eigenvalue weighted by Crippen LogP contribution is -2.54. The summed E-state index contributed by atoms with van der Waals surface area (Å²) in [6.45, 7) is 1.52. The van der Waals surface area contributed by atoms with Crippen molar-refractivity contribution in [3.63, 3.8) is 0 Å². The number of rotatable bonds is 7. The Morgan fingerprint density at radius 1 is 1.09 bits per heavy atom. The number of sulfone groups is 2. The van der Waals surface area contributed by atoms with E-state index < -0.39 is 30.5 Å². The second kappa shape index (κ2) is 9.58. The van der Waals surface area contributed by atoms with Gasteiger partial charge in [0.15, 0.2) is 24.5 Å². The highest BCUT2D eigenvalue weighted by molar-refractivity contribution is 7.92. The van der Waals surface area contributed by atoms with Gasteiger partial charge in [-0.1, -0.05) is 60.5 Å². The van der Waals surface area contributed by atoms with E-state index in [0.29, 0.717) is 5.57 Å². The maximum absolute atomic E-state index is 12.8. The van der Waals surface area contributed by atoms with Crippen molar-refractivity contribution in [2.45, 2.75) is 29.5 Å². The number of nitrogens with zero attached hydrogens (tertiary/aromatic N) is 1. The average Bonchev–Trinajstić information content (AvgIpc) is 2.73. The SMILES string of the molecule is CCS(=O)(=O)c1ccc(CC(=O)NC2(S(C)(=O)=O)C=C(Cl)C(c3ccccc3)=C(Cl)C2)nc1. The Kier molecular flexibility index (Phi) is 7.38. The molecule has 1 heterocycles. The molecule has 0 fully saturated rings. The van der Waals surface area contributed by atoms with E-state index in [9.17, 15) is 21.6 Å². The van der Waals surface area contributed by atoms with E-state index in [-0.39, 0.29) is 39.2 Å². The minimum absolute atomic E-state index is 0.0501. The van der Waals surface area contributed by atoms with Crippen molar-refractivity contribution >= 4 is 54.4 Å². The normalized spacial score (nSPS) is 19.2. The number of aromatic nitrogens is 1. The van der Waals surface area contributed by atoms with Gasteiger partial charge in [0.05, 0.1) is 17.1 Å². The number of carbonyl (C=O) groups is 1. The number of hydrogen-bond acceptors (Lipinski definition) is 6. The molecule has 0 spiro atoms. The van der Waals surface area contributed by atoms with Gasteiger partial charge in [-0.15, -0.1) is 0 Å². The van der Waals surface area contributed by atoms with Crippen molar-refractivity contribution in [1.29, 1.82) is 0 Å². The molecule has 0 saturated heterocycles. The quantitative estimate of drug-likeness (QED) is 0.589. The van der Waals surface area contributed by atoms with Crippen LogP contribution in [0.4, 0.5) is 0 Å². The summed E-state index contributed by atoms with van der Waals surface area (Å²) in [4.78, 5) is 15.0. The first kappa shape index (κ1) is 25.4. The largest absolute Gasteiger partial charge is 0.333 e. The second-order valence-electron chi connectivity index (χ2n) is 7.59. The maximum atomic E-state index is 12.8. The first-order chi connectivity index (χ1) is 15.4. The Morgan fingerprint density at radius 2 is 1.76 bits per heavy atom. The van der Waals surface area contributed by atoms with Gasteiger partial charge < -0.3 is 5.32 Å². The van der Waals surface area contributed by atoms with Gasteiger partial charge in [-0.25, -0.2) is 16.8 Å². The van der Waals surface area contributed by atoms with Crippen LogP contribution in [0.25, 0.3) is 5.57 Å². The molecule has 0 bridgehead atoms. The molecule has 1 unspecified atom stereocenters.